The molecule has 0 unspecified atom stereocenters. The van der Waals surface area contributed by atoms with E-state index >= 15 is 0 Å². The van der Waals surface area contributed by atoms with E-state index in [4.69, 9.17) is 5.73 Å². The van der Waals surface area contributed by atoms with Gasteiger partial charge in [-0.15, -0.1) is 0 Å². The maximum atomic E-state index is 11.9. The van der Waals surface area contributed by atoms with Gasteiger partial charge in [-0.1, -0.05) is 0 Å². The molecule has 0 aliphatic rings. The maximum absolute atomic E-state index is 11.9. The van der Waals surface area contributed by atoms with Crippen LogP contribution in [0, 0.1) is 20.8 Å². The highest BCUT2D eigenvalue weighted by Gasteiger charge is 2.12. The Hall–Kier alpha value is -1.62. The third-order valence-corrected chi connectivity index (χ3v) is 2.76. The average Bonchev–Trinajstić information content (AvgIpc) is 2.51. The summed E-state index contributed by atoms with van der Waals surface area (Å²) in [5.74, 6) is 0. The average molecular weight is 206 g/mol. The normalized spacial score (nSPS) is 11.2. The zero-order valence-electron chi connectivity index (χ0n) is 9.09. The molecule has 0 bridgehead atoms. The molecule has 0 amide bonds. The number of fused-ring (bicyclic) bond motifs is 1. The predicted molar refractivity (Wildman–Crippen MR) is 57.9 cm³/mol. The van der Waals surface area contributed by atoms with Crippen LogP contribution in [0.5, 0.6) is 0 Å². The standard InChI is InChI=1S/C10H14N4O/c1-5-6(2)12-9-8(4-11)7(3)13-14(9)10(5)15/h13H,4,11H2,1-3H3. The van der Waals surface area contributed by atoms with E-state index < -0.39 is 0 Å². The molecule has 0 aliphatic heterocycles. The van der Waals surface area contributed by atoms with Gasteiger partial charge in [-0.3, -0.25) is 9.89 Å². The monoisotopic (exact) mass is 206 g/mol. The Morgan fingerprint density at radius 1 is 1.40 bits per heavy atom. The highest BCUT2D eigenvalue weighted by atomic mass is 16.1. The van der Waals surface area contributed by atoms with Crippen LogP contribution in [-0.2, 0) is 6.54 Å². The Balaban J connectivity index is 2.99. The van der Waals surface area contributed by atoms with E-state index in [1.54, 1.807) is 6.92 Å². The van der Waals surface area contributed by atoms with Crippen LogP contribution in [0.2, 0.25) is 0 Å². The SMILES string of the molecule is Cc1nc2c(CN)c(C)[nH]n2c(=O)c1C. The van der Waals surface area contributed by atoms with Gasteiger partial charge in [0, 0.05) is 29.1 Å². The largest absolute Gasteiger partial charge is 0.326 e. The molecule has 15 heavy (non-hydrogen) atoms. The van der Waals surface area contributed by atoms with Crippen molar-refractivity contribution < 1.29 is 0 Å². The van der Waals surface area contributed by atoms with E-state index in [2.05, 4.69) is 10.1 Å². The molecular weight excluding hydrogens is 192 g/mol. The lowest BCUT2D eigenvalue weighted by molar-refractivity contribution is 0.859. The molecule has 2 aromatic heterocycles. The Bertz CT molecular complexity index is 579. The van der Waals surface area contributed by atoms with Crippen LogP contribution in [-0.4, -0.2) is 14.6 Å². The Kier molecular flexibility index (Phi) is 2.12. The molecule has 0 fully saturated rings. The number of aromatic nitrogens is 3. The van der Waals surface area contributed by atoms with Crippen LogP contribution in [0.4, 0.5) is 0 Å². The lowest BCUT2D eigenvalue weighted by Crippen LogP contribution is -2.19. The lowest BCUT2D eigenvalue weighted by atomic mass is 10.2. The fourth-order valence-corrected chi connectivity index (χ4v) is 1.66. The van der Waals surface area contributed by atoms with Crippen molar-refractivity contribution in [1.82, 2.24) is 14.6 Å². The summed E-state index contributed by atoms with van der Waals surface area (Å²) in [5.41, 5.74) is 9.43. The molecule has 80 valence electrons. The van der Waals surface area contributed by atoms with E-state index in [1.807, 2.05) is 13.8 Å². The quantitative estimate of drug-likeness (QED) is 0.709. The Morgan fingerprint density at radius 2 is 2.07 bits per heavy atom. The Labute approximate surface area is 86.9 Å². The van der Waals surface area contributed by atoms with E-state index in [1.165, 1.54) is 4.52 Å². The predicted octanol–water partition coefficient (Wildman–Crippen LogP) is 0.407. The number of nitrogens with one attached hydrogen (secondary N) is 1. The second kappa shape index (κ2) is 3.20. The molecule has 3 N–H and O–H groups in total. The van der Waals surface area contributed by atoms with Gasteiger partial charge in [-0.05, 0) is 20.8 Å². The molecule has 0 atom stereocenters. The highest BCUT2D eigenvalue weighted by molar-refractivity contribution is 5.50. The van der Waals surface area contributed by atoms with Crippen LogP contribution < -0.4 is 11.3 Å². The van der Waals surface area contributed by atoms with Crippen molar-refractivity contribution >= 4 is 5.65 Å². The second-order valence-corrected chi connectivity index (χ2v) is 3.71. The van der Waals surface area contributed by atoms with Gasteiger partial charge in [0.2, 0.25) is 0 Å². The molecule has 5 nitrogen and oxygen atoms in total. The van der Waals surface area contributed by atoms with Crippen LogP contribution >= 0.6 is 0 Å². The number of hydrogen-bond donors (Lipinski definition) is 2. The first-order valence-corrected chi connectivity index (χ1v) is 4.83. The number of H-pyrrole nitrogens is 1. The third-order valence-electron chi connectivity index (χ3n) is 2.76. The lowest BCUT2D eigenvalue weighted by Gasteiger charge is -2.00. The zero-order valence-corrected chi connectivity index (χ0v) is 9.09. The van der Waals surface area contributed by atoms with Crippen molar-refractivity contribution in [2.45, 2.75) is 27.3 Å². The minimum absolute atomic E-state index is 0.0553. The van der Waals surface area contributed by atoms with Gasteiger partial charge in [0.05, 0.1) is 0 Å². The number of nitrogens with zero attached hydrogens (tertiary/aromatic N) is 2. The Morgan fingerprint density at radius 3 is 2.67 bits per heavy atom. The van der Waals surface area contributed by atoms with Crippen LogP contribution in [0.1, 0.15) is 22.5 Å². The van der Waals surface area contributed by atoms with E-state index in [9.17, 15) is 4.79 Å². The van der Waals surface area contributed by atoms with Crippen LogP contribution in [0.15, 0.2) is 4.79 Å². The number of rotatable bonds is 1. The fraction of sp³-hybridized carbons (Fsp3) is 0.400. The molecule has 0 aromatic carbocycles. The maximum Gasteiger partial charge on any atom is 0.275 e. The number of aromatic amines is 1. The smallest absolute Gasteiger partial charge is 0.275 e. The van der Waals surface area contributed by atoms with Gasteiger partial charge >= 0.3 is 0 Å². The summed E-state index contributed by atoms with van der Waals surface area (Å²) in [7, 11) is 0. The molecule has 5 heteroatoms. The van der Waals surface area contributed by atoms with Crippen molar-refractivity contribution in [3.05, 3.63) is 32.9 Å². The fourth-order valence-electron chi connectivity index (χ4n) is 1.66. The summed E-state index contributed by atoms with van der Waals surface area (Å²) in [5, 5.41) is 2.98. The first-order valence-electron chi connectivity index (χ1n) is 4.83. The summed E-state index contributed by atoms with van der Waals surface area (Å²) in [6, 6.07) is 0. The first-order chi connectivity index (χ1) is 7.06. The second-order valence-electron chi connectivity index (χ2n) is 3.71. The minimum Gasteiger partial charge on any atom is -0.326 e. The van der Waals surface area contributed by atoms with Crippen molar-refractivity contribution in [2.75, 3.05) is 0 Å². The first kappa shape index (κ1) is 9.92. The zero-order chi connectivity index (χ0) is 11.2. The molecule has 0 aliphatic carbocycles. The molecule has 2 rings (SSSR count). The highest BCUT2D eigenvalue weighted by Crippen LogP contribution is 2.11. The van der Waals surface area contributed by atoms with Gasteiger partial charge in [0.25, 0.3) is 5.56 Å². The molecule has 0 saturated heterocycles. The molecule has 0 saturated carbocycles. The summed E-state index contributed by atoms with van der Waals surface area (Å²) < 4.78 is 1.46. The number of nitrogens with two attached hydrogens (primary N) is 1. The number of hydrogen-bond acceptors (Lipinski definition) is 3. The van der Waals surface area contributed by atoms with E-state index in [-0.39, 0.29) is 5.56 Å². The topological polar surface area (TPSA) is 76.2 Å². The number of aryl methyl sites for hydroxylation is 2. The molecular formula is C10H14N4O. The van der Waals surface area contributed by atoms with Crippen molar-refractivity contribution in [3.63, 3.8) is 0 Å². The van der Waals surface area contributed by atoms with E-state index in [0.717, 1.165) is 17.0 Å². The van der Waals surface area contributed by atoms with Crippen molar-refractivity contribution in [2.24, 2.45) is 5.73 Å². The summed E-state index contributed by atoms with van der Waals surface area (Å²) in [6.45, 7) is 5.88. The van der Waals surface area contributed by atoms with Crippen molar-refractivity contribution in [3.8, 4) is 0 Å². The van der Waals surface area contributed by atoms with E-state index in [0.29, 0.717) is 17.8 Å². The van der Waals surface area contributed by atoms with Crippen LogP contribution in [0.3, 0.4) is 0 Å². The molecule has 2 heterocycles. The summed E-state index contributed by atoms with van der Waals surface area (Å²) in [4.78, 5) is 16.3. The minimum atomic E-state index is -0.0553. The molecule has 0 radical (unpaired) electrons. The van der Waals surface area contributed by atoms with Crippen molar-refractivity contribution in [1.29, 1.82) is 0 Å². The summed E-state index contributed by atoms with van der Waals surface area (Å²) in [6.07, 6.45) is 0. The molecule has 2 aromatic rings. The van der Waals surface area contributed by atoms with Gasteiger partial charge in [-0.25, -0.2) is 9.50 Å². The summed E-state index contributed by atoms with van der Waals surface area (Å²) >= 11 is 0. The van der Waals surface area contributed by atoms with Gasteiger partial charge < -0.3 is 5.73 Å². The van der Waals surface area contributed by atoms with Gasteiger partial charge in [0.1, 0.15) is 0 Å². The van der Waals surface area contributed by atoms with Crippen LogP contribution in [0.25, 0.3) is 5.65 Å². The van der Waals surface area contributed by atoms with Gasteiger partial charge in [0.15, 0.2) is 5.65 Å². The molecule has 0 spiro atoms. The third kappa shape index (κ3) is 1.27. The van der Waals surface area contributed by atoms with Gasteiger partial charge in [-0.2, -0.15) is 0 Å².